The third-order valence-electron chi connectivity index (χ3n) is 1.33. The molecule has 1 aliphatic carbocycles. The number of carboxylic acids is 1. The molecular weight excluding hydrogens is 128 g/mol. The van der Waals surface area contributed by atoms with Gasteiger partial charge < -0.3 is 5.11 Å². The zero-order valence-corrected chi connectivity index (χ0v) is 5.50. The van der Waals surface area contributed by atoms with Crippen LogP contribution >= 0.6 is 0 Å². The van der Waals surface area contributed by atoms with Gasteiger partial charge in [0, 0.05) is 0 Å². The highest BCUT2D eigenvalue weighted by molar-refractivity contribution is 5.90. The predicted molar refractivity (Wildman–Crippen MR) is 38.6 cm³/mol. The van der Waals surface area contributed by atoms with Crippen LogP contribution < -0.4 is 0 Å². The third-order valence-corrected chi connectivity index (χ3v) is 1.33. The summed E-state index contributed by atoms with van der Waals surface area (Å²) in [5, 5.41) is 8.48. The number of allylic oxidation sites excluding steroid dienone is 3. The second kappa shape index (κ2) is 2.52. The van der Waals surface area contributed by atoms with E-state index >= 15 is 0 Å². The summed E-state index contributed by atoms with van der Waals surface area (Å²) < 4.78 is 0. The minimum absolute atomic E-state index is 0.354. The predicted octanol–water partition coefficient (Wildman–Crippen LogP) is 1.51. The Morgan fingerprint density at radius 2 is 2.30 bits per heavy atom. The molecule has 0 spiro atoms. The molecule has 2 heteroatoms. The van der Waals surface area contributed by atoms with Crippen molar-refractivity contribution >= 4 is 5.97 Å². The molecule has 0 amide bonds. The van der Waals surface area contributed by atoms with Crippen LogP contribution in [-0.4, -0.2) is 11.1 Å². The average Bonchev–Trinajstić information content (AvgIpc) is 1.88. The molecule has 0 saturated heterocycles. The van der Waals surface area contributed by atoms with Crippen molar-refractivity contribution in [3.63, 3.8) is 0 Å². The van der Waals surface area contributed by atoms with Crippen molar-refractivity contribution in [2.24, 2.45) is 0 Å². The maximum absolute atomic E-state index is 10.3. The standard InChI is InChI=1S/C8H8O2/c1-6-2-4-7(5-3-6)8(9)10/h2,4-5H,1,3H2,(H,9,10). The molecule has 0 radical (unpaired) electrons. The van der Waals surface area contributed by atoms with Crippen LogP contribution in [0.5, 0.6) is 0 Å². The lowest BCUT2D eigenvalue weighted by atomic mass is 10.0. The number of hydrogen-bond donors (Lipinski definition) is 1. The van der Waals surface area contributed by atoms with Gasteiger partial charge in [0.1, 0.15) is 0 Å². The van der Waals surface area contributed by atoms with Crippen LogP contribution in [0, 0.1) is 0 Å². The van der Waals surface area contributed by atoms with Gasteiger partial charge in [-0.25, -0.2) is 4.79 Å². The lowest BCUT2D eigenvalue weighted by Crippen LogP contribution is -1.99. The second-order valence-corrected chi connectivity index (χ2v) is 2.16. The SMILES string of the molecule is C=C1C=CC(C(=O)O)=CC1. The molecule has 0 saturated carbocycles. The Morgan fingerprint density at radius 1 is 1.60 bits per heavy atom. The molecule has 1 N–H and O–H groups in total. The minimum atomic E-state index is -0.872. The molecule has 0 atom stereocenters. The maximum atomic E-state index is 10.3. The average molecular weight is 136 g/mol. The Hall–Kier alpha value is -1.31. The summed E-state index contributed by atoms with van der Waals surface area (Å²) >= 11 is 0. The summed E-state index contributed by atoms with van der Waals surface area (Å²) in [4.78, 5) is 10.3. The number of carboxylic acid groups (broad SMARTS) is 1. The van der Waals surface area contributed by atoms with E-state index in [9.17, 15) is 4.79 Å². The molecule has 0 fully saturated rings. The number of rotatable bonds is 1. The van der Waals surface area contributed by atoms with Crippen LogP contribution in [0.15, 0.2) is 36.0 Å². The molecule has 0 unspecified atom stereocenters. The molecule has 0 aromatic carbocycles. The van der Waals surface area contributed by atoms with E-state index in [2.05, 4.69) is 6.58 Å². The normalized spacial score (nSPS) is 16.8. The molecule has 0 aromatic rings. The number of aliphatic carboxylic acids is 1. The van der Waals surface area contributed by atoms with Crippen LogP contribution in [0.1, 0.15) is 6.42 Å². The van der Waals surface area contributed by atoms with Crippen molar-refractivity contribution in [1.82, 2.24) is 0 Å². The van der Waals surface area contributed by atoms with Gasteiger partial charge in [0.25, 0.3) is 0 Å². The van der Waals surface area contributed by atoms with Crippen molar-refractivity contribution in [1.29, 1.82) is 0 Å². The van der Waals surface area contributed by atoms with E-state index in [1.54, 1.807) is 18.2 Å². The van der Waals surface area contributed by atoms with E-state index in [-0.39, 0.29) is 0 Å². The van der Waals surface area contributed by atoms with Crippen molar-refractivity contribution in [2.45, 2.75) is 6.42 Å². The quantitative estimate of drug-likeness (QED) is 0.593. The van der Waals surface area contributed by atoms with Gasteiger partial charge in [-0.3, -0.25) is 0 Å². The van der Waals surface area contributed by atoms with Gasteiger partial charge in [-0.05, 0) is 12.5 Å². The molecule has 0 heterocycles. The molecule has 10 heavy (non-hydrogen) atoms. The highest BCUT2D eigenvalue weighted by Crippen LogP contribution is 2.12. The first kappa shape index (κ1) is 6.81. The molecule has 0 bridgehead atoms. The van der Waals surface area contributed by atoms with Gasteiger partial charge in [-0.1, -0.05) is 24.3 Å². The van der Waals surface area contributed by atoms with E-state index in [0.29, 0.717) is 12.0 Å². The van der Waals surface area contributed by atoms with Gasteiger partial charge in [0.2, 0.25) is 0 Å². The molecule has 52 valence electrons. The van der Waals surface area contributed by atoms with Gasteiger partial charge in [0.05, 0.1) is 5.57 Å². The Bertz CT molecular complexity index is 234. The first-order valence-corrected chi connectivity index (χ1v) is 2.99. The first-order chi connectivity index (χ1) is 4.70. The molecule has 0 aromatic heterocycles. The van der Waals surface area contributed by atoms with E-state index in [1.807, 2.05) is 0 Å². The van der Waals surface area contributed by atoms with E-state index in [4.69, 9.17) is 5.11 Å². The Kier molecular flexibility index (Phi) is 1.71. The monoisotopic (exact) mass is 136 g/mol. The second-order valence-electron chi connectivity index (χ2n) is 2.16. The van der Waals surface area contributed by atoms with E-state index < -0.39 is 5.97 Å². The zero-order chi connectivity index (χ0) is 7.56. The van der Waals surface area contributed by atoms with Crippen LogP contribution in [0.2, 0.25) is 0 Å². The Labute approximate surface area is 59.2 Å². The summed E-state index contributed by atoms with van der Waals surface area (Å²) in [6, 6.07) is 0. The summed E-state index contributed by atoms with van der Waals surface area (Å²) in [6.45, 7) is 3.68. The van der Waals surface area contributed by atoms with Crippen LogP contribution in [0.4, 0.5) is 0 Å². The van der Waals surface area contributed by atoms with Gasteiger partial charge in [-0.2, -0.15) is 0 Å². The number of hydrogen-bond acceptors (Lipinski definition) is 1. The van der Waals surface area contributed by atoms with Gasteiger partial charge in [-0.15, -0.1) is 0 Å². The lowest BCUT2D eigenvalue weighted by Gasteiger charge is -2.02. The fourth-order valence-electron chi connectivity index (χ4n) is 0.743. The van der Waals surface area contributed by atoms with Crippen LogP contribution in [0.3, 0.4) is 0 Å². The third kappa shape index (κ3) is 1.35. The van der Waals surface area contributed by atoms with Crippen molar-refractivity contribution in [3.8, 4) is 0 Å². The largest absolute Gasteiger partial charge is 0.478 e. The fraction of sp³-hybridized carbons (Fsp3) is 0.125. The fourth-order valence-corrected chi connectivity index (χ4v) is 0.743. The molecule has 1 rings (SSSR count). The molecule has 2 nitrogen and oxygen atoms in total. The summed E-state index contributed by atoms with van der Waals surface area (Å²) in [5.41, 5.74) is 1.30. The lowest BCUT2D eigenvalue weighted by molar-refractivity contribution is -0.132. The maximum Gasteiger partial charge on any atom is 0.335 e. The van der Waals surface area contributed by atoms with Crippen molar-refractivity contribution in [2.75, 3.05) is 0 Å². The highest BCUT2D eigenvalue weighted by atomic mass is 16.4. The Balaban J connectivity index is 2.77. The van der Waals surface area contributed by atoms with E-state index in [1.165, 1.54) is 0 Å². The van der Waals surface area contributed by atoms with Crippen LogP contribution in [0.25, 0.3) is 0 Å². The molecule has 1 aliphatic rings. The zero-order valence-electron chi connectivity index (χ0n) is 5.50. The summed E-state index contributed by atoms with van der Waals surface area (Å²) in [6.07, 6.45) is 5.60. The smallest absolute Gasteiger partial charge is 0.335 e. The summed E-state index contributed by atoms with van der Waals surface area (Å²) in [7, 11) is 0. The minimum Gasteiger partial charge on any atom is -0.478 e. The Morgan fingerprint density at radius 3 is 2.70 bits per heavy atom. The molecule has 0 aliphatic heterocycles. The van der Waals surface area contributed by atoms with Gasteiger partial charge >= 0.3 is 5.97 Å². The first-order valence-electron chi connectivity index (χ1n) is 2.99. The molecular formula is C8H8O2. The number of carbonyl (C=O) groups is 1. The van der Waals surface area contributed by atoms with E-state index in [0.717, 1.165) is 5.57 Å². The summed E-state index contributed by atoms with van der Waals surface area (Å²) in [5.74, 6) is -0.872. The van der Waals surface area contributed by atoms with Crippen molar-refractivity contribution < 1.29 is 9.90 Å². The van der Waals surface area contributed by atoms with Crippen LogP contribution in [-0.2, 0) is 4.79 Å². The highest BCUT2D eigenvalue weighted by Gasteiger charge is 2.05. The topological polar surface area (TPSA) is 37.3 Å². The van der Waals surface area contributed by atoms with Gasteiger partial charge in [0.15, 0.2) is 0 Å². The van der Waals surface area contributed by atoms with Crippen molar-refractivity contribution in [3.05, 3.63) is 36.0 Å².